The molecule has 2 N–H and O–H groups in total. The number of nitrogens with zero attached hydrogens (tertiary/aromatic N) is 3. The molecule has 3 aromatic rings. The van der Waals surface area contributed by atoms with Crippen molar-refractivity contribution < 1.29 is 9.47 Å². The highest BCUT2D eigenvalue weighted by Crippen LogP contribution is 2.27. The van der Waals surface area contributed by atoms with Crippen molar-refractivity contribution in [1.29, 1.82) is 0 Å². The van der Waals surface area contributed by atoms with Crippen LogP contribution in [0, 0.1) is 0 Å². The van der Waals surface area contributed by atoms with Crippen molar-refractivity contribution in [2.75, 3.05) is 46.3 Å². The van der Waals surface area contributed by atoms with Gasteiger partial charge in [-0.05, 0) is 48.7 Å². The van der Waals surface area contributed by atoms with Gasteiger partial charge in [0.1, 0.15) is 5.82 Å². The SMILES string of the molecule is CCNC(=NCc1cc(N(C)C)nc2ccccc12)NCCc1ccc(OC)c(OC)c1.I. The van der Waals surface area contributed by atoms with Crippen LogP contribution in [0.5, 0.6) is 11.5 Å². The summed E-state index contributed by atoms with van der Waals surface area (Å²) in [5.41, 5.74) is 3.30. The van der Waals surface area contributed by atoms with Crippen LogP contribution in [-0.4, -0.2) is 52.3 Å². The number of fused-ring (bicyclic) bond motifs is 1. The van der Waals surface area contributed by atoms with E-state index in [1.807, 2.05) is 49.3 Å². The molecule has 0 saturated carbocycles. The molecule has 0 aliphatic rings. The molecule has 0 saturated heterocycles. The minimum atomic E-state index is 0. The van der Waals surface area contributed by atoms with Crippen LogP contribution in [0.3, 0.4) is 0 Å². The molecule has 2 aromatic carbocycles. The summed E-state index contributed by atoms with van der Waals surface area (Å²) in [7, 11) is 7.31. The molecule has 0 radical (unpaired) electrons. The first-order valence-corrected chi connectivity index (χ1v) is 10.8. The Labute approximate surface area is 213 Å². The molecule has 0 aliphatic carbocycles. The van der Waals surface area contributed by atoms with Crippen molar-refractivity contribution in [3.05, 3.63) is 59.7 Å². The van der Waals surface area contributed by atoms with Crippen molar-refractivity contribution in [2.24, 2.45) is 4.99 Å². The van der Waals surface area contributed by atoms with Crippen LogP contribution in [0.1, 0.15) is 18.1 Å². The van der Waals surface area contributed by atoms with Crippen LogP contribution >= 0.6 is 24.0 Å². The molecule has 1 heterocycles. The molecule has 3 rings (SSSR count). The molecule has 8 heteroatoms. The lowest BCUT2D eigenvalue weighted by Crippen LogP contribution is -2.38. The second kappa shape index (κ2) is 13.1. The Hall–Kier alpha value is -2.75. The summed E-state index contributed by atoms with van der Waals surface area (Å²) in [5.74, 6) is 3.20. The third-order valence-corrected chi connectivity index (χ3v) is 5.15. The first-order chi connectivity index (χ1) is 15.5. The lowest BCUT2D eigenvalue weighted by atomic mass is 10.1. The first-order valence-electron chi connectivity index (χ1n) is 10.8. The molecule has 0 amide bonds. The largest absolute Gasteiger partial charge is 0.493 e. The van der Waals surface area contributed by atoms with Crippen LogP contribution in [-0.2, 0) is 13.0 Å². The number of anilines is 1. The number of aromatic nitrogens is 1. The van der Waals surface area contributed by atoms with Gasteiger partial charge in [0.25, 0.3) is 0 Å². The molecule has 7 nitrogen and oxygen atoms in total. The van der Waals surface area contributed by atoms with Crippen LogP contribution in [0.2, 0.25) is 0 Å². The Kier molecular flexibility index (Phi) is 10.5. The predicted octanol–water partition coefficient (Wildman–Crippen LogP) is 4.23. The number of guanidine groups is 1. The highest BCUT2D eigenvalue weighted by Gasteiger charge is 2.08. The van der Waals surface area contributed by atoms with E-state index in [0.717, 1.165) is 59.3 Å². The Morgan fingerprint density at radius 2 is 1.76 bits per heavy atom. The summed E-state index contributed by atoms with van der Waals surface area (Å²) in [6, 6.07) is 16.3. The fraction of sp³-hybridized carbons (Fsp3) is 0.360. The van der Waals surface area contributed by atoms with E-state index in [0.29, 0.717) is 6.54 Å². The summed E-state index contributed by atoms with van der Waals surface area (Å²) in [4.78, 5) is 11.6. The van der Waals surface area contributed by atoms with Crippen LogP contribution in [0.4, 0.5) is 5.82 Å². The number of hydrogen-bond acceptors (Lipinski definition) is 5. The predicted molar refractivity (Wildman–Crippen MR) is 148 cm³/mol. The maximum atomic E-state index is 5.40. The van der Waals surface area contributed by atoms with Crippen molar-refractivity contribution in [3.8, 4) is 11.5 Å². The zero-order chi connectivity index (χ0) is 22.9. The second-order valence-electron chi connectivity index (χ2n) is 7.61. The third-order valence-electron chi connectivity index (χ3n) is 5.15. The van der Waals surface area contributed by atoms with E-state index in [4.69, 9.17) is 19.5 Å². The Morgan fingerprint density at radius 3 is 2.45 bits per heavy atom. The average molecular weight is 563 g/mol. The Morgan fingerprint density at radius 1 is 1.00 bits per heavy atom. The molecule has 0 unspecified atom stereocenters. The van der Waals surface area contributed by atoms with Gasteiger partial charge in [-0.3, -0.25) is 0 Å². The molecule has 1 aromatic heterocycles. The summed E-state index contributed by atoms with van der Waals surface area (Å²) in [6.45, 7) is 4.18. The summed E-state index contributed by atoms with van der Waals surface area (Å²) in [6.07, 6.45) is 0.841. The van der Waals surface area contributed by atoms with E-state index < -0.39 is 0 Å². The molecule has 178 valence electrons. The zero-order valence-corrected chi connectivity index (χ0v) is 22.3. The molecule has 0 aliphatic heterocycles. The fourth-order valence-corrected chi connectivity index (χ4v) is 3.46. The van der Waals surface area contributed by atoms with Gasteiger partial charge >= 0.3 is 0 Å². The normalized spacial score (nSPS) is 11.0. The maximum Gasteiger partial charge on any atom is 0.191 e. The van der Waals surface area contributed by atoms with E-state index >= 15 is 0 Å². The van der Waals surface area contributed by atoms with Gasteiger partial charge in [-0.25, -0.2) is 9.98 Å². The number of benzene rings is 2. The number of halogens is 1. The molecular formula is C25H34IN5O2. The van der Waals surface area contributed by atoms with Crippen molar-refractivity contribution >= 4 is 46.7 Å². The minimum Gasteiger partial charge on any atom is -0.493 e. The van der Waals surface area contributed by atoms with Crippen molar-refractivity contribution in [3.63, 3.8) is 0 Å². The van der Waals surface area contributed by atoms with Gasteiger partial charge in [0.2, 0.25) is 0 Å². The average Bonchev–Trinajstić information content (AvgIpc) is 2.81. The van der Waals surface area contributed by atoms with Gasteiger partial charge in [0.15, 0.2) is 17.5 Å². The summed E-state index contributed by atoms with van der Waals surface area (Å²) in [5, 5.41) is 7.89. The van der Waals surface area contributed by atoms with E-state index in [1.54, 1.807) is 14.2 Å². The lowest BCUT2D eigenvalue weighted by molar-refractivity contribution is 0.354. The van der Waals surface area contributed by atoms with E-state index in [-0.39, 0.29) is 24.0 Å². The number of nitrogens with one attached hydrogen (secondary N) is 2. The monoisotopic (exact) mass is 563 g/mol. The molecular weight excluding hydrogens is 529 g/mol. The van der Waals surface area contributed by atoms with Gasteiger partial charge in [-0.1, -0.05) is 24.3 Å². The molecule has 0 bridgehead atoms. The standard InChI is InChI=1S/C25H33N5O2.HI/c1-6-26-25(27-14-13-18-11-12-22(31-4)23(15-18)32-5)28-17-19-16-24(30(2)3)29-21-10-8-7-9-20(19)21;/h7-12,15-16H,6,13-14,17H2,1-5H3,(H2,26,27,28);1H. The lowest BCUT2D eigenvalue weighted by Gasteiger charge is -2.15. The number of ether oxygens (including phenoxy) is 2. The summed E-state index contributed by atoms with van der Waals surface area (Å²) < 4.78 is 10.7. The molecule has 0 atom stereocenters. The molecule has 0 fully saturated rings. The number of hydrogen-bond donors (Lipinski definition) is 2. The maximum absolute atomic E-state index is 5.40. The Bertz CT molecular complexity index is 1070. The highest BCUT2D eigenvalue weighted by atomic mass is 127. The van der Waals surface area contributed by atoms with Crippen LogP contribution < -0.4 is 25.0 Å². The smallest absolute Gasteiger partial charge is 0.191 e. The number of rotatable bonds is 9. The van der Waals surface area contributed by atoms with E-state index in [1.165, 1.54) is 5.56 Å². The van der Waals surface area contributed by atoms with E-state index in [9.17, 15) is 0 Å². The third kappa shape index (κ3) is 7.12. The number of methoxy groups -OCH3 is 2. The molecule has 0 spiro atoms. The van der Waals surface area contributed by atoms with Gasteiger partial charge in [0, 0.05) is 32.6 Å². The van der Waals surface area contributed by atoms with E-state index in [2.05, 4.69) is 35.8 Å². The number of aliphatic imine (C=N–C) groups is 1. The molecule has 33 heavy (non-hydrogen) atoms. The highest BCUT2D eigenvalue weighted by molar-refractivity contribution is 14.0. The number of para-hydroxylation sites is 1. The quantitative estimate of drug-likeness (QED) is 0.231. The first kappa shape index (κ1) is 26.5. The van der Waals surface area contributed by atoms with Gasteiger partial charge in [0.05, 0.1) is 26.3 Å². The number of pyridine rings is 1. The minimum absolute atomic E-state index is 0. The fourth-order valence-electron chi connectivity index (χ4n) is 3.46. The van der Waals surface area contributed by atoms with Crippen molar-refractivity contribution in [1.82, 2.24) is 15.6 Å². The van der Waals surface area contributed by atoms with Crippen molar-refractivity contribution in [2.45, 2.75) is 19.9 Å². The van der Waals surface area contributed by atoms with Crippen LogP contribution in [0.15, 0.2) is 53.5 Å². The van der Waals surface area contributed by atoms with Gasteiger partial charge in [-0.2, -0.15) is 0 Å². The van der Waals surface area contributed by atoms with Crippen LogP contribution in [0.25, 0.3) is 10.9 Å². The van der Waals surface area contributed by atoms with Gasteiger partial charge < -0.3 is 25.0 Å². The Balaban J connectivity index is 0.00000385. The van der Waals surface area contributed by atoms with Gasteiger partial charge in [-0.15, -0.1) is 24.0 Å². The summed E-state index contributed by atoms with van der Waals surface area (Å²) >= 11 is 0. The zero-order valence-electron chi connectivity index (χ0n) is 20.0. The second-order valence-corrected chi connectivity index (χ2v) is 7.61. The topological polar surface area (TPSA) is 71.0 Å².